The number of hydrogen-bond donors (Lipinski definition) is 2. The Labute approximate surface area is 104 Å². The van der Waals surface area contributed by atoms with Gasteiger partial charge in [0.15, 0.2) is 0 Å². The van der Waals surface area contributed by atoms with Gasteiger partial charge in [0.2, 0.25) is 0 Å². The number of hydrazine groups is 1. The Morgan fingerprint density at radius 1 is 1.35 bits per heavy atom. The van der Waals surface area contributed by atoms with Crippen molar-refractivity contribution in [2.75, 3.05) is 0 Å². The highest BCUT2D eigenvalue weighted by molar-refractivity contribution is 5.14. The first kappa shape index (κ1) is 12.6. The van der Waals surface area contributed by atoms with E-state index in [0.717, 1.165) is 5.69 Å². The van der Waals surface area contributed by atoms with Gasteiger partial charge >= 0.3 is 0 Å². The van der Waals surface area contributed by atoms with Gasteiger partial charge < -0.3 is 0 Å². The SMILES string of the molecule is Cc1cc(C(NN)C2CCCCCC2)n(C)n1. The van der Waals surface area contributed by atoms with E-state index in [4.69, 9.17) is 5.84 Å². The highest BCUT2D eigenvalue weighted by Crippen LogP contribution is 2.33. The van der Waals surface area contributed by atoms with E-state index in [-0.39, 0.29) is 6.04 Å². The molecule has 4 heteroatoms. The molecule has 0 aliphatic heterocycles. The first-order valence-corrected chi connectivity index (χ1v) is 6.69. The fourth-order valence-corrected chi connectivity index (χ4v) is 3.03. The van der Waals surface area contributed by atoms with Gasteiger partial charge in [-0.05, 0) is 31.7 Å². The molecule has 1 heterocycles. The van der Waals surface area contributed by atoms with E-state index in [2.05, 4.69) is 16.6 Å². The summed E-state index contributed by atoms with van der Waals surface area (Å²) < 4.78 is 1.96. The van der Waals surface area contributed by atoms with Gasteiger partial charge in [-0.1, -0.05) is 25.7 Å². The molecule has 1 unspecified atom stereocenters. The van der Waals surface area contributed by atoms with E-state index in [9.17, 15) is 0 Å². The molecule has 1 aromatic rings. The van der Waals surface area contributed by atoms with Gasteiger partial charge in [0.1, 0.15) is 0 Å². The molecule has 1 atom stereocenters. The topological polar surface area (TPSA) is 55.9 Å². The highest BCUT2D eigenvalue weighted by Gasteiger charge is 2.25. The van der Waals surface area contributed by atoms with Crippen LogP contribution in [0.2, 0.25) is 0 Å². The maximum Gasteiger partial charge on any atom is 0.0657 e. The molecule has 1 aliphatic rings. The van der Waals surface area contributed by atoms with Crippen LogP contribution in [0.4, 0.5) is 0 Å². The summed E-state index contributed by atoms with van der Waals surface area (Å²) in [5.41, 5.74) is 5.29. The average Bonchev–Trinajstić information content (AvgIpc) is 2.55. The van der Waals surface area contributed by atoms with Crippen LogP contribution >= 0.6 is 0 Å². The normalized spacial score (nSPS) is 20.2. The minimum atomic E-state index is 0.249. The Kier molecular flexibility index (Phi) is 4.18. The van der Waals surface area contributed by atoms with E-state index >= 15 is 0 Å². The third-order valence-electron chi connectivity index (χ3n) is 3.91. The summed E-state index contributed by atoms with van der Waals surface area (Å²) in [6.45, 7) is 2.03. The molecule has 0 amide bonds. The van der Waals surface area contributed by atoms with Crippen LogP contribution in [0.25, 0.3) is 0 Å². The van der Waals surface area contributed by atoms with E-state index < -0.39 is 0 Å². The lowest BCUT2D eigenvalue weighted by atomic mass is 9.90. The lowest BCUT2D eigenvalue weighted by Crippen LogP contribution is -2.34. The van der Waals surface area contributed by atoms with Crippen molar-refractivity contribution in [1.29, 1.82) is 0 Å². The smallest absolute Gasteiger partial charge is 0.0657 e. The second kappa shape index (κ2) is 5.65. The van der Waals surface area contributed by atoms with Crippen molar-refractivity contribution in [3.05, 3.63) is 17.5 Å². The molecule has 0 bridgehead atoms. The van der Waals surface area contributed by atoms with Gasteiger partial charge in [-0.25, -0.2) is 0 Å². The Balaban J connectivity index is 2.16. The summed E-state index contributed by atoms with van der Waals surface area (Å²) in [7, 11) is 2.00. The molecular weight excluding hydrogens is 212 g/mol. The van der Waals surface area contributed by atoms with Gasteiger partial charge in [-0.2, -0.15) is 5.10 Å². The Morgan fingerprint density at radius 3 is 2.47 bits per heavy atom. The fraction of sp³-hybridized carbons (Fsp3) is 0.769. The molecule has 96 valence electrons. The zero-order chi connectivity index (χ0) is 12.3. The van der Waals surface area contributed by atoms with Gasteiger partial charge in [-0.3, -0.25) is 16.0 Å². The predicted molar refractivity (Wildman–Crippen MR) is 69.2 cm³/mol. The molecule has 0 radical (unpaired) electrons. The summed E-state index contributed by atoms with van der Waals surface area (Å²) >= 11 is 0. The fourth-order valence-electron chi connectivity index (χ4n) is 3.03. The van der Waals surface area contributed by atoms with Crippen molar-refractivity contribution in [1.82, 2.24) is 15.2 Å². The lowest BCUT2D eigenvalue weighted by molar-refractivity contribution is 0.315. The molecule has 2 rings (SSSR count). The van der Waals surface area contributed by atoms with E-state index in [1.54, 1.807) is 0 Å². The van der Waals surface area contributed by atoms with E-state index in [0.29, 0.717) is 5.92 Å². The zero-order valence-corrected chi connectivity index (χ0v) is 10.9. The molecule has 1 aromatic heterocycles. The number of nitrogens with two attached hydrogens (primary N) is 1. The number of aromatic nitrogens is 2. The molecule has 0 aromatic carbocycles. The minimum Gasteiger partial charge on any atom is -0.271 e. The summed E-state index contributed by atoms with van der Waals surface area (Å²) in [5.74, 6) is 6.42. The second-order valence-electron chi connectivity index (χ2n) is 5.23. The van der Waals surface area contributed by atoms with Gasteiger partial charge in [0.25, 0.3) is 0 Å². The molecule has 0 spiro atoms. The van der Waals surface area contributed by atoms with E-state index in [1.807, 2.05) is 18.7 Å². The third kappa shape index (κ3) is 2.87. The number of rotatable bonds is 3. The summed E-state index contributed by atoms with van der Waals surface area (Å²) in [6, 6.07) is 2.40. The molecule has 3 N–H and O–H groups in total. The molecule has 4 nitrogen and oxygen atoms in total. The van der Waals surface area contributed by atoms with Crippen molar-refractivity contribution in [2.45, 2.75) is 51.5 Å². The van der Waals surface area contributed by atoms with Crippen molar-refractivity contribution in [3.8, 4) is 0 Å². The van der Waals surface area contributed by atoms with Crippen LogP contribution in [-0.4, -0.2) is 9.78 Å². The number of nitrogens with one attached hydrogen (secondary N) is 1. The van der Waals surface area contributed by atoms with Crippen LogP contribution in [0.5, 0.6) is 0 Å². The van der Waals surface area contributed by atoms with Crippen LogP contribution in [0.3, 0.4) is 0 Å². The number of aryl methyl sites for hydroxylation is 2. The molecule has 1 saturated carbocycles. The average molecular weight is 236 g/mol. The number of hydrogen-bond acceptors (Lipinski definition) is 3. The lowest BCUT2D eigenvalue weighted by Gasteiger charge is -2.25. The van der Waals surface area contributed by atoms with E-state index in [1.165, 1.54) is 44.2 Å². The van der Waals surface area contributed by atoms with Crippen LogP contribution in [0.15, 0.2) is 6.07 Å². The monoisotopic (exact) mass is 236 g/mol. The standard InChI is InChI=1S/C13H24N4/c1-10-9-12(17(2)16-10)13(15-14)11-7-5-3-4-6-8-11/h9,11,13,15H,3-8,14H2,1-2H3. The zero-order valence-electron chi connectivity index (χ0n) is 10.9. The van der Waals surface area contributed by atoms with Gasteiger partial charge in [0, 0.05) is 7.05 Å². The van der Waals surface area contributed by atoms with Crippen molar-refractivity contribution in [2.24, 2.45) is 18.8 Å². The minimum absolute atomic E-state index is 0.249. The van der Waals surface area contributed by atoms with Crippen LogP contribution in [0, 0.1) is 12.8 Å². The Morgan fingerprint density at radius 2 is 2.00 bits per heavy atom. The van der Waals surface area contributed by atoms with Crippen molar-refractivity contribution in [3.63, 3.8) is 0 Å². The highest BCUT2D eigenvalue weighted by atomic mass is 15.3. The molecule has 0 saturated heterocycles. The summed E-state index contributed by atoms with van der Waals surface area (Å²) in [6.07, 6.45) is 7.97. The number of nitrogens with zero attached hydrogens (tertiary/aromatic N) is 2. The molecular formula is C13H24N4. The first-order valence-electron chi connectivity index (χ1n) is 6.69. The Hall–Kier alpha value is -0.870. The van der Waals surface area contributed by atoms with Crippen LogP contribution in [-0.2, 0) is 7.05 Å². The first-order chi connectivity index (χ1) is 8.22. The molecule has 1 fully saturated rings. The third-order valence-corrected chi connectivity index (χ3v) is 3.91. The molecule has 1 aliphatic carbocycles. The van der Waals surface area contributed by atoms with Crippen molar-refractivity contribution >= 4 is 0 Å². The summed E-state index contributed by atoms with van der Waals surface area (Å²) in [4.78, 5) is 0. The van der Waals surface area contributed by atoms with Crippen LogP contribution < -0.4 is 11.3 Å². The second-order valence-corrected chi connectivity index (χ2v) is 5.23. The van der Waals surface area contributed by atoms with Gasteiger partial charge in [-0.15, -0.1) is 0 Å². The maximum atomic E-state index is 5.77. The largest absolute Gasteiger partial charge is 0.271 e. The maximum absolute atomic E-state index is 5.77. The van der Waals surface area contributed by atoms with Gasteiger partial charge in [0.05, 0.1) is 17.4 Å². The van der Waals surface area contributed by atoms with Crippen LogP contribution in [0.1, 0.15) is 56.0 Å². The summed E-state index contributed by atoms with van der Waals surface area (Å²) in [5, 5.41) is 4.42. The van der Waals surface area contributed by atoms with Crippen molar-refractivity contribution < 1.29 is 0 Å². The molecule has 17 heavy (non-hydrogen) atoms. The Bertz CT molecular complexity index is 350. The predicted octanol–water partition coefficient (Wildman–Crippen LogP) is 2.20. The quantitative estimate of drug-likeness (QED) is 0.480.